The Kier molecular flexibility index (Phi) is 11.6. The van der Waals surface area contributed by atoms with Gasteiger partial charge in [-0.15, -0.1) is 0 Å². The second-order valence-corrected chi connectivity index (χ2v) is 9.03. The molecule has 0 radical (unpaired) electrons. The lowest BCUT2D eigenvalue weighted by molar-refractivity contribution is 0.634. The van der Waals surface area contributed by atoms with Crippen LogP contribution in [0.4, 0.5) is 11.4 Å². The average Bonchev–Trinajstić information content (AvgIpc) is 3.04. The normalized spacial score (nSPS) is 15.3. The Balaban J connectivity index is 2.55. The number of anilines is 2. The second kappa shape index (κ2) is 14.4. The quantitative estimate of drug-likeness (QED) is 0.234. The van der Waals surface area contributed by atoms with Gasteiger partial charge in [0, 0.05) is 62.0 Å². The van der Waals surface area contributed by atoms with Gasteiger partial charge in [0.2, 0.25) is 0 Å². The summed E-state index contributed by atoms with van der Waals surface area (Å²) < 4.78 is 0. The molecule has 0 amide bonds. The molecule has 190 valence electrons. The highest BCUT2D eigenvalue weighted by Crippen LogP contribution is 2.34. The van der Waals surface area contributed by atoms with Crippen LogP contribution in [-0.2, 0) is 0 Å². The molecule has 0 saturated carbocycles. The summed E-state index contributed by atoms with van der Waals surface area (Å²) in [6, 6.07) is 6.52. The minimum absolute atomic E-state index is 0.249. The maximum atomic E-state index is 6.68. The van der Waals surface area contributed by atoms with Crippen LogP contribution in [0.5, 0.6) is 0 Å². The van der Waals surface area contributed by atoms with Crippen molar-refractivity contribution in [2.24, 2.45) is 9.98 Å². The fourth-order valence-corrected chi connectivity index (χ4v) is 4.02. The lowest BCUT2D eigenvalue weighted by Crippen LogP contribution is -2.21. The fourth-order valence-electron chi connectivity index (χ4n) is 3.86. The first-order valence-corrected chi connectivity index (χ1v) is 12.8. The number of hydrogen-bond acceptors (Lipinski definition) is 5. The fraction of sp³-hybridized carbons (Fsp3) is 0.429. The molecule has 6 nitrogen and oxygen atoms in total. The van der Waals surface area contributed by atoms with E-state index in [1.54, 1.807) is 12.6 Å². The first-order valence-electron chi connectivity index (χ1n) is 12.4. The number of nitrogens with zero attached hydrogens (tertiary/aromatic N) is 3. The van der Waals surface area contributed by atoms with E-state index in [-0.39, 0.29) is 6.04 Å². The Labute approximate surface area is 216 Å². The van der Waals surface area contributed by atoms with Crippen LogP contribution in [0.3, 0.4) is 0 Å². The third-order valence-electron chi connectivity index (χ3n) is 5.89. The summed E-state index contributed by atoms with van der Waals surface area (Å²) in [5.41, 5.74) is 6.26. The summed E-state index contributed by atoms with van der Waals surface area (Å²) in [4.78, 5) is 11.0. The second-order valence-electron chi connectivity index (χ2n) is 8.62. The lowest BCUT2D eigenvalue weighted by Gasteiger charge is -2.23. The van der Waals surface area contributed by atoms with E-state index in [2.05, 4.69) is 70.0 Å². The van der Waals surface area contributed by atoms with E-state index in [1.807, 2.05) is 33.2 Å². The SMILES string of the molecule is C=CC1=C(c2cc(N/C(NC=NCC)=C(\Cl)C=NC(CC)CC)ccc2N(C)C)NCCCC1=C. The van der Waals surface area contributed by atoms with Gasteiger partial charge in [0.15, 0.2) is 0 Å². The van der Waals surface area contributed by atoms with Crippen molar-refractivity contribution in [3.8, 4) is 0 Å². The molecule has 0 fully saturated rings. The van der Waals surface area contributed by atoms with Crippen molar-refractivity contribution in [2.75, 3.05) is 37.4 Å². The van der Waals surface area contributed by atoms with Gasteiger partial charge < -0.3 is 20.9 Å². The molecule has 35 heavy (non-hydrogen) atoms. The largest absolute Gasteiger partial charge is 0.384 e. The molecular weight excluding hydrogens is 456 g/mol. The Morgan fingerprint density at radius 1 is 1.26 bits per heavy atom. The van der Waals surface area contributed by atoms with Crippen molar-refractivity contribution in [1.29, 1.82) is 0 Å². The topological polar surface area (TPSA) is 64.0 Å². The van der Waals surface area contributed by atoms with E-state index in [0.29, 0.717) is 17.4 Å². The van der Waals surface area contributed by atoms with Crippen LogP contribution in [-0.4, -0.2) is 45.8 Å². The van der Waals surface area contributed by atoms with Crippen LogP contribution < -0.4 is 20.9 Å². The Morgan fingerprint density at radius 3 is 2.63 bits per heavy atom. The van der Waals surface area contributed by atoms with Crippen molar-refractivity contribution in [3.05, 3.63) is 65.0 Å². The third kappa shape index (κ3) is 8.03. The summed E-state index contributed by atoms with van der Waals surface area (Å²) in [6.07, 6.45) is 9.20. The first-order chi connectivity index (χ1) is 16.9. The maximum absolute atomic E-state index is 6.68. The van der Waals surface area contributed by atoms with Crippen LogP contribution in [0.1, 0.15) is 52.0 Å². The summed E-state index contributed by atoms with van der Waals surface area (Å²) in [7, 11) is 4.09. The number of aliphatic imine (C=N–C) groups is 2. The van der Waals surface area contributed by atoms with E-state index in [1.165, 1.54) is 0 Å². The zero-order chi connectivity index (χ0) is 25.8. The predicted molar refractivity (Wildman–Crippen MR) is 156 cm³/mol. The molecule has 1 heterocycles. The molecule has 0 bridgehead atoms. The zero-order valence-electron chi connectivity index (χ0n) is 21.9. The highest BCUT2D eigenvalue weighted by molar-refractivity contribution is 6.39. The molecule has 2 rings (SSSR count). The zero-order valence-corrected chi connectivity index (χ0v) is 22.7. The van der Waals surface area contributed by atoms with Crippen LogP contribution in [0, 0.1) is 0 Å². The molecule has 7 heteroatoms. The Morgan fingerprint density at radius 2 is 2.00 bits per heavy atom. The molecule has 0 aromatic heterocycles. The van der Waals surface area contributed by atoms with Gasteiger partial charge in [-0.1, -0.05) is 44.7 Å². The minimum Gasteiger partial charge on any atom is -0.384 e. The average molecular weight is 497 g/mol. The first kappa shape index (κ1) is 28.2. The van der Waals surface area contributed by atoms with E-state index >= 15 is 0 Å². The van der Waals surface area contributed by atoms with Crippen molar-refractivity contribution < 1.29 is 0 Å². The van der Waals surface area contributed by atoms with Crippen LogP contribution in [0.25, 0.3) is 5.70 Å². The summed E-state index contributed by atoms with van der Waals surface area (Å²) >= 11 is 6.68. The molecule has 1 aliphatic heterocycles. The van der Waals surface area contributed by atoms with Gasteiger partial charge in [-0.25, -0.2) is 0 Å². The summed E-state index contributed by atoms with van der Waals surface area (Å²) in [5, 5.41) is 10.7. The number of rotatable bonds is 12. The van der Waals surface area contributed by atoms with Gasteiger partial charge in [0.1, 0.15) is 5.82 Å². The Hall–Kier alpha value is -2.99. The van der Waals surface area contributed by atoms with Gasteiger partial charge in [0.25, 0.3) is 0 Å². The minimum atomic E-state index is 0.249. The lowest BCUT2D eigenvalue weighted by atomic mass is 9.97. The van der Waals surface area contributed by atoms with Crippen LogP contribution in [0.15, 0.2) is 69.4 Å². The molecule has 0 spiro atoms. The van der Waals surface area contributed by atoms with Gasteiger partial charge in [-0.3, -0.25) is 9.98 Å². The van der Waals surface area contributed by atoms with Gasteiger partial charge in [0.05, 0.1) is 17.1 Å². The number of halogens is 1. The Bertz CT molecular complexity index is 999. The van der Waals surface area contributed by atoms with Crippen molar-refractivity contribution in [3.63, 3.8) is 0 Å². The van der Waals surface area contributed by atoms with E-state index < -0.39 is 0 Å². The van der Waals surface area contributed by atoms with Crippen molar-refractivity contribution in [1.82, 2.24) is 10.6 Å². The number of allylic oxidation sites excluding steroid dienone is 4. The molecule has 0 saturated heterocycles. The molecule has 0 atom stereocenters. The van der Waals surface area contributed by atoms with Crippen molar-refractivity contribution >= 4 is 41.2 Å². The molecule has 0 aliphatic carbocycles. The molecular formula is C28H41ClN6. The van der Waals surface area contributed by atoms with Crippen molar-refractivity contribution in [2.45, 2.75) is 52.5 Å². The van der Waals surface area contributed by atoms with Gasteiger partial charge in [-0.05, 0) is 56.4 Å². The van der Waals surface area contributed by atoms with E-state index in [4.69, 9.17) is 11.6 Å². The van der Waals surface area contributed by atoms with E-state index in [0.717, 1.165) is 66.0 Å². The molecule has 0 unspecified atom stereocenters. The van der Waals surface area contributed by atoms with Gasteiger partial charge >= 0.3 is 0 Å². The van der Waals surface area contributed by atoms with Crippen LogP contribution in [0.2, 0.25) is 0 Å². The summed E-state index contributed by atoms with van der Waals surface area (Å²) in [5.74, 6) is 0.623. The molecule has 1 aliphatic rings. The predicted octanol–water partition coefficient (Wildman–Crippen LogP) is 6.31. The summed E-state index contributed by atoms with van der Waals surface area (Å²) in [6.45, 7) is 16.2. The van der Waals surface area contributed by atoms with Gasteiger partial charge in [-0.2, -0.15) is 0 Å². The highest BCUT2D eigenvalue weighted by Gasteiger charge is 2.18. The number of hydrogen-bond donors (Lipinski definition) is 3. The maximum Gasteiger partial charge on any atom is 0.129 e. The monoisotopic (exact) mass is 496 g/mol. The third-order valence-corrected chi connectivity index (χ3v) is 6.18. The molecule has 1 aromatic rings. The number of benzene rings is 1. The molecule has 3 N–H and O–H groups in total. The van der Waals surface area contributed by atoms with Crippen LogP contribution >= 0.6 is 11.6 Å². The highest BCUT2D eigenvalue weighted by atomic mass is 35.5. The number of nitrogens with one attached hydrogen (secondary N) is 3. The standard InChI is InChI=1S/C28H41ClN6/c1-8-21(9-2)32-18-25(29)28(33-19-30-11-4)34-22-14-15-26(35(6)7)24(17-22)27-23(10-3)20(5)13-12-16-31-27/h10,14-15,17-19,21,31,34H,3,5,8-9,11-13,16H2,1-2,4,6-7H3,(H,30,33)/b28-25-,32-18?. The molecule has 1 aromatic carbocycles. The van der Waals surface area contributed by atoms with E-state index in [9.17, 15) is 0 Å². The smallest absolute Gasteiger partial charge is 0.129 e.